The molecule has 0 saturated carbocycles. The third-order valence-electron chi connectivity index (χ3n) is 5.20. The summed E-state index contributed by atoms with van der Waals surface area (Å²) in [5.41, 5.74) is 2.74. The van der Waals surface area contributed by atoms with Gasteiger partial charge >= 0.3 is 0 Å². The van der Waals surface area contributed by atoms with E-state index in [1.165, 1.54) is 11.8 Å². The van der Waals surface area contributed by atoms with Gasteiger partial charge in [-0.3, -0.25) is 4.79 Å². The number of carbonyl (C=O) groups is 1. The van der Waals surface area contributed by atoms with Crippen LogP contribution in [0.25, 0.3) is 11.4 Å². The van der Waals surface area contributed by atoms with Gasteiger partial charge in [-0.2, -0.15) is 0 Å². The summed E-state index contributed by atoms with van der Waals surface area (Å²) in [6, 6.07) is 25.0. The summed E-state index contributed by atoms with van der Waals surface area (Å²) >= 11 is 1.36. The molecule has 3 aromatic carbocycles. The van der Waals surface area contributed by atoms with Crippen LogP contribution in [0.1, 0.15) is 12.5 Å². The highest BCUT2D eigenvalue weighted by Gasteiger charge is 2.19. The molecular weight excluding hydrogens is 448 g/mol. The molecule has 0 aliphatic rings. The number of ether oxygens (including phenoxy) is 2. The minimum atomic E-state index is -0.361. The number of methoxy groups -OCH3 is 1. The van der Waals surface area contributed by atoms with E-state index in [-0.39, 0.29) is 11.2 Å². The number of carbonyl (C=O) groups excluding carboxylic acids is 1. The molecule has 1 heterocycles. The summed E-state index contributed by atoms with van der Waals surface area (Å²) in [7, 11) is 3.52. The molecule has 1 N–H and O–H groups in total. The van der Waals surface area contributed by atoms with Crippen molar-refractivity contribution in [3.8, 4) is 22.9 Å². The van der Waals surface area contributed by atoms with Gasteiger partial charge in [-0.1, -0.05) is 42.1 Å². The molecule has 8 heteroatoms. The lowest BCUT2D eigenvalue weighted by Gasteiger charge is -2.12. The number of nitrogens with zero attached hydrogens (tertiary/aromatic N) is 3. The van der Waals surface area contributed by atoms with E-state index in [1.54, 1.807) is 7.11 Å². The van der Waals surface area contributed by atoms with Gasteiger partial charge in [-0.15, -0.1) is 10.2 Å². The largest absolute Gasteiger partial charge is 0.497 e. The van der Waals surface area contributed by atoms with Crippen molar-refractivity contribution >= 4 is 23.4 Å². The first kappa shape index (κ1) is 23.4. The first-order valence-corrected chi connectivity index (χ1v) is 11.7. The molecule has 0 spiro atoms. The van der Waals surface area contributed by atoms with Crippen LogP contribution < -0.4 is 14.8 Å². The Morgan fingerprint density at radius 2 is 1.65 bits per heavy atom. The second kappa shape index (κ2) is 10.9. The third-order valence-corrected chi connectivity index (χ3v) is 6.34. The lowest BCUT2D eigenvalue weighted by atomic mass is 10.2. The van der Waals surface area contributed by atoms with E-state index in [0.717, 1.165) is 28.5 Å². The third kappa shape index (κ3) is 5.77. The van der Waals surface area contributed by atoms with E-state index in [1.807, 2.05) is 97.4 Å². The molecule has 0 aliphatic heterocycles. The van der Waals surface area contributed by atoms with Gasteiger partial charge in [0.05, 0.1) is 12.4 Å². The first-order valence-electron chi connectivity index (χ1n) is 10.8. The van der Waals surface area contributed by atoms with E-state index in [9.17, 15) is 4.79 Å². The van der Waals surface area contributed by atoms with Gasteiger partial charge in [0.15, 0.2) is 11.0 Å². The summed E-state index contributed by atoms with van der Waals surface area (Å²) in [4.78, 5) is 12.7. The Morgan fingerprint density at radius 3 is 2.32 bits per heavy atom. The molecule has 1 aromatic heterocycles. The zero-order valence-electron chi connectivity index (χ0n) is 19.3. The Labute approximate surface area is 203 Å². The Balaban J connectivity index is 1.32. The van der Waals surface area contributed by atoms with Gasteiger partial charge in [0, 0.05) is 18.3 Å². The smallest absolute Gasteiger partial charge is 0.237 e. The van der Waals surface area contributed by atoms with Gasteiger partial charge in [-0.25, -0.2) is 0 Å². The summed E-state index contributed by atoms with van der Waals surface area (Å²) in [5.74, 6) is 2.14. The monoisotopic (exact) mass is 474 g/mol. The molecule has 0 saturated heterocycles. The highest BCUT2D eigenvalue weighted by atomic mass is 32.2. The Kier molecular flexibility index (Phi) is 7.49. The maximum atomic E-state index is 12.7. The number of nitrogens with one attached hydrogen (secondary N) is 1. The highest BCUT2D eigenvalue weighted by molar-refractivity contribution is 8.00. The number of hydrogen-bond acceptors (Lipinski definition) is 6. The molecule has 7 nitrogen and oxygen atoms in total. The molecule has 0 fully saturated rings. The molecule has 174 valence electrons. The SMILES string of the molecule is COc1ccc(-c2nnc(S[C@@H](C)C(=O)Nc3ccc(OCc4ccccc4)cc3)n2C)cc1. The normalized spacial score (nSPS) is 11.6. The van der Waals surface area contributed by atoms with E-state index in [0.29, 0.717) is 17.5 Å². The van der Waals surface area contributed by atoms with E-state index < -0.39 is 0 Å². The fraction of sp³-hybridized carbons (Fsp3) is 0.192. The number of anilines is 1. The molecule has 4 rings (SSSR count). The molecule has 1 amide bonds. The van der Waals surface area contributed by atoms with Crippen LogP contribution >= 0.6 is 11.8 Å². The summed E-state index contributed by atoms with van der Waals surface area (Å²) in [6.07, 6.45) is 0. The van der Waals surface area contributed by atoms with Crippen molar-refractivity contribution in [1.82, 2.24) is 14.8 Å². The lowest BCUT2D eigenvalue weighted by molar-refractivity contribution is -0.115. The van der Waals surface area contributed by atoms with Crippen LogP contribution in [0, 0.1) is 0 Å². The van der Waals surface area contributed by atoms with Crippen LogP contribution in [0.3, 0.4) is 0 Å². The molecule has 0 aliphatic carbocycles. The fourth-order valence-electron chi connectivity index (χ4n) is 3.24. The van der Waals surface area contributed by atoms with Crippen molar-refractivity contribution in [2.24, 2.45) is 7.05 Å². The van der Waals surface area contributed by atoms with Crippen molar-refractivity contribution in [1.29, 1.82) is 0 Å². The molecule has 0 unspecified atom stereocenters. The number of aromatic nitrogens is 3. The quantitative estimate of drug-likeness (QED) is 0.337. The van der Waals surface area contributed by atoms with Gasteiger partial charge < -0.3 is 19.4 Å². The molecule has 0 radical (unpaired) electrons. The number of thioether (sulfide) groups is 1. The van der Waals surface area contributed by atoms with Crippen molar-refractivity contribution < 1.29 is 14.3 Å². The minimum absolute atomic E-state index is 0.114. The summed E-state index contributed by atoms with van der Waals surface area (Å²) in [6.45, 7) is 2.34. The second-order valence-electron chi connectivity index (χ2n) is 7.64. The van der Waals surface area contributed by atoms with Crippen molar-refractivity contribution in [2.45, 2.75) is 23.9 Å². The zero-order chi connectivity index (χ0) is 23.9. The van der Waals surface area contributed by atoms with Gasteiger partial charge in [-0.05, 0) is 61.0 Å². The van der Waals surface area contributed by atoms with E-state index in [4.69, 9.17) is 9.47 Å². The number of amides is 1. The van der Waals surface area contributed by atoms with Gasteiger partial charge in [0.2, 0.25) is 5.91 Å². The maximum Gasteiger partial charge on any atom is 0.237 e. The van der Waals surface area contributed by atoms with E-state index in [2.05, 4.69) is 15.5 Å². The molecule has 1 atom stereocenters. The van der Waals surface area contributed by atoms with Crippen molar-refractivity contribution in [2.75, 3.05) is 12.4 Å². The predicted octanol–water partition coefficient (Wildman–Crippen LogP) is 5.19. The van der Waals surface area contributed by atoms with Crippen LogP contribution in [0.2, 0.25) is 0 Å². The predicted molar refractivity (Wildman–Crippen MR) is 134 cm³/mol. The summed E-state index contributed by atoms with van der Waals surface area (Å²) < 4.78 is 12.9. The highest BCUT2D eigenvalue weighted by Crippen LogP contribution is 2.27. The Hall–Kier alpha value is -3.78. The average Bonchev–Trinajstić information content (AvgIpc) is 3.24. The van der Waals surface area contributed by atoms with Crippen molar-refractivity contribution in [3.05, 3.63) is 84.4 Å². The fourth-order valence-corrected chi connectivity index (χ4v) is 4.05. The molecule has 34 heavy (non-hydrogen) atoms. The van der Waals surface area contributed by atoms with E-state index >= 15 is 0 Å². The van der Waals surface area contributed by atoms with Gasteiger partial charge in [0.25, 0.3) is 0 Å². The van der Waals surface area contributed by atoms with Gasteiger partial charge in [0.1, 0.15) is 18.1 Å². The zero-order valence-corrected chi connectivity index (χ0v) is 20.1. The standard InChI is InChI=1S/C26H26N4O3S/c1-18(34-26-29-28-24(30(26)2)20-9-13-22(32-3)14-10-20)25(31)27-21-11-15-23(16-12-21)33-17-19-7-5-4-6-8-19/h4-16,18H,17H2,1-3H3,(H,27,31)/t18-/m0/s1. The van der Waals surface area contributed by atoms with Crippen molar-refractivity contribution in [3.63, 3.8) is 0 Å². The number of benzene rings is 3. The molecular formula is C26H26N4O3S. The lowest BCUT2D eigenvalue weighted by Crippen LogP contribution is -2.22. The van der Waals surface area contributed by atoms with Crippen LogP contribution in [-0.2, 0) is 18.4 Å². The molecule has 4 aromatic rings. The van der Waals surface area contributed by atoms with Crippen LogP contribution in [0.15, 0.2) is 84.0 Å². The summed E-state index contributed by atoms with van der Waals surface area (Å²) in [5, 5.41) is 11.8. The number of hydrogen-bond donors (Lipinski definition) is 1. The Morgan fingerprint density at radius 1 is 0.971 bits per heavy atom. The topological polar surface area (TPSA) is 78.3 Å². The van der Waals surface area contributed by atoms with Crippen LogP contribution in [-0.4, -0.2) is 33.0 Å². The first-order chi connectivity index (χ1) is 16.5. The molecule has 0 bridgehead atoms. The number of rotatable bonds is 9. The van der Waals surface area contributed by atoms with Crippen LogP contribution in [0.5, 0.6) is 11.5 Å². The minimum Gasteiger partial charge on any atom is -0.497 e. The maximum absolute atomic E-state index is 12.7. The second-order valence-corrected chi connectivity index (χ2v) is 8.95. The Bertz CT molecular complexity index is 1230. The van der Waals surface area contributed by atoms with Crippen LogP contribution in [0.4, 0.5) is 5.69 Å². The average molecular weight is 475 g/mol.